The molecular weight excluding hydrogens is 394 g/mol. The van der Waals surface area contributed by atoms with Crippen molar-refractivity contribution in [1.82, 2.24) is 15.0 Å². The Morgan fingerprint density at radius 1 is 0.933 bits per heavy atom. The number of carbonyl (C=O) groups is 2. The maximum absolute atomic E-state index is 12.8. The molecule has 2 amide bonds. The van der Waals surface area contributed by atoms with E-state index in [2.05, 4.69) is 4.98 Å². The number of amides is 2. The molecule has 1 aliphatic heterocycles. The Morgan fingerprint density at radius 3 is 1.73 bits per heavy atom. The second-order valence-electron chi connectivity index (χ2n) is 8.83. The third-order valence-electron chi connectivity index (χ3n) is 3.93. The van der Waals surface area contributed by atoms with Gasteiger partial charge in [0.05, 0.1) is 18.0 Å². The normalized spacial score (nSPS) is 15.5. The van der Waals surface area contributed by atoms with Crippen LogP contribution >= 0.6 is 0 Å². The predicted molar refractivity (Wildman–Crippen MR) is 109 cm³/mol. The molecule has 0 unspecified atom stereocenters. The van der Waals surface area contributed by atoms with E-state index >= 15 is 0 Å². The van der Waals surface area contributed by atoms with Gasteiger partial charge in [0.15, 0.2) is 0 Å². The molecule has 0 bridgehead atoms. The second-order valence-corrected chi connectivity index (χ2v) is 8.83. The van der Waals surface area contributed by atoms with Gasteiger partial charge in [-0.2, -0.15) is 0 Å². The summed E-state index contributed by atoms with van der Waals surface area (Å²) in [5.41, 5.74) is -1.58. The van der Waals surface area contributed by atoms with Crippen LogP contribution in [0.2, 0.25) is 0 Å². The minimum Gasteiger partial charge on any atom is -0.442 e. The van der Waals surface area contributed by atoms with Gasteiger partial charge in [-0.1, -0.05) is 0 Å². The zero-order valence-electron chi connectivity index (χ0n) is 18.2. The van der Waals surface area contributed by atoms with Crippen LogP contribution in [0.1, 0.15) is 41.5 Å². The zero-order chi connectivity index (χ0) is 22.7. The first kappa shape index (κ1) is 23.2. The lowest BCUT2D eigenvalue weighted by molar-refractivity contribution is -0.385. The molecular formula is C19H29N5O6. The highest BCUT2D eigenvalue weighted by molar-refractivity contribution is 5.75. The summed E-state index contributed by atoms with van der Waals surface area (Å²) in [6.07, 6.45) is -0.143. The Hall–Kier alpha value is -3.11. The Morgan fingerprint density at radius 2 is 1.40 bits per heavy atom. The average molecular weight is 423 g/mol. The maximum Gasteiger partial charge on any atom is 0.429 e. The first-order valence-corrected chi connectivity index (χ1v) is 9.63. The van der Waals surface area contributed by atoms with Gasteiger partial charge in [-0.15, -0.1) is 0 Å². The molecule has 1 aromatic heterocycles. The van der Waals surface area contributed by atoms with Crippen molar-refractivity contribution in [2.45, 2.75) is 52.7 Å². The molecule has 0 aromatic carbocycles. The van der Waals surface area contributed by atoms with E-state index < -0.39 is 28.3 Å². The molecule has 1 aromatic rings. The summed E-state index contributed by atoms with van der Waals surface area (Å²) in [6.45, 7) is 11.5. The van der Waals surface area contributed by atoms with Crippen LogP contribution in [-0.2, 0) is 9.47 Å². The first-order valence-electron chi connectivity index (χ1n) is 9.63. The fourth-order valence-corrected chi connectivity index (χ4v) is 2.70. The van der Waals surface area contributed by atoms with Crippen LogP contribution in [-0.4, -0.2) is 69.5 Å². The molecule has 0 saturated carbocycles. The molecule has 1 fully saturated rings. The Balaban J connectivity index is 2.24. The minimum atomic E-state index is -0.734. The molecule has 2 rings (SSSR count). The standard InChI is InChI=1S/C19H29N5O6/c1-18(2,3)29-16(25)22-11-9-21(15-8-7-14(13-20-15)24(27)28)10-12-23(22)17(26)30-19(4,5)6/h7-8,13H,9-12H2,1-6H3. The predicted octanol–water partition coefficient (Wildman–Crippen LogP) is 3.20. The van der Waals surface area contributed by atoms with E-state index in [4.69, 9.17) is 9.47 Å². The molecule has 0 aliphatic carbocycles. The van der Waals surface area contributed by atoms with Gasteiger partial charge in [0.2, 0.25) is 0 Å². The molecule has 2 heterocycles. The van der Waals surface area contributed by atoms with Crippen LogP contribution in [0.4, 0.5) is 21.1 Å². The quantitative estimate of drug-likeness (QED) is 0.525. The number of ether oxygens (including phenoxy) is 2. The van der Waals surface area contributed by atoms with Gasteiger partial charge in [0.1, 0.15) is 23.2 Å². The highest BCUT2D eigenvalue weighted by Crippen LogP contribution is 2.21. The summed E-state index contributed by atoms with van der Waals surface area (Å²) in [5.74, 6) is 0.510. The minimum absolute atomic E-state index is 0.112. The molecule has 30 heavy (non-hydrogen) atoms. The fourth-order valence-electron chi connectivity index (χ4n) is 2.70. The number of rotatable bonds is 2. The zero-order valence-corrected chi connectivity index (χ0v) is 18.2. The van der Waals surface area contributed by atoms with Gasteiger partial charge in [-0.3, -0.25) is 10.1 Å². The van der Waals surface area contributed by atoms with Gasteiger partial charge in [0.25, 0.3) is 5.69 Å². The number of carbonyl (C=O) groups excluding carboxylic acids is 2. The van der Waals surface area contributed by atoms with E-state index in [9.17, 15) is 19.7 Å². The summed E-state index contributed by atoms with van der Waals surface area (Å²) in [4.78, 5) is 41.8. The number of nitro groups is 1. The van der Waals surface area contributed by atoms with Crippen molar-refractivity contribution in [3.63, 3.8) is 0 Å². The summed E-state index contributed by atoms with van der Waals surface area (Å²) in [5, 5.41) is 13.3. The number of aromatic nitrogens is 1. The van der Waals surface area contributed by atoms with Gasteiger partial charge in [-0.25, -0.2) is 24.6 Å². The summed E-state index contributed by atoms with van der Waals surface area (Å²) >= 11 is 0. The number of pyridine rings is 1. The highest BCUT2D eigenvalue weighted by atomic mass is 16.6. The fraction of sp³-hybridized carbons (Fsp3) is 0.632. The van der Waals surface area contributed by atoms with Crippen molar-refractivity contribution in [2.24, 2.45) is 0 Å². The number of hydrogen-bond donors (Lipinski definition) is 0. The van der Waals surface area contributed by atoms with E-state index in [-0.39, 0.29) is 18.8 Å². The summed E-state index contributed by atoms with van der Waals surface area (Å²) in [7, 11) is 0. The number of hydrogen-bond acceptors (Lipinski definition) is 8. The van der Waals surface area contributed by atoms with Crippen LogP contribution in [0, 0.1) is 10.1 Å². The van der Waals surface area contributed by atoms with Crippen molar-refractivity contribution in [2.75, 3.05) is 31.1 Å². The third-order valence-corrected chi connectivity index (χ3v) is 3.93. The summed E-state index contributed by atoms with van der Waals surface area (Å²) in [6, 6.07) is 2.91. The molecule has 11 heteroatoms. The van der Waals surface area contributed by atoms with Crippen molar-refractivity contribution < 1.29 is 24.0 Å². The Kier molecular flexibility index (Phi) is 6.73. The molecule has 1 aliphatic rings. The number of anilines is 1. The first-order chi connectivity index (χ1) is 13.8. The monoisotopic (exact) mass is 423 g/mol. The van der Waals surface area contributed by atoms with Crippen LogP contribution in [0.5, 0.6) is 0 Å². The molecule has 0 atom stereocenters. The third kappa shape index (κ3) is 6.46. The van der Waals surface area contributed by atoms with E-state index in [0.29, 0.717) is 18.9 Å². The van der Waals surface area contributed by atoms with Crippen molar-refractivity contribution >= 4 is 23.7 Å². The van der Waals surface area contributed by atoms with Crippen molar-refractivity contribution in [3.05, 3.63) is 28.4 Å². The summed E-state index contributed by atoms with van der Waals surface area (Å²) < 4.78 is 10.9. The molecule has 166 valence electrons. The van der Waals surface area contributed by atoms with E-state index in [1.807, 2.05) is 4.90 Å². The number of hydrazine groups is 1. The molecule has 1 saturated heterocycles. The average Bonchev–Trinajstić information content (AvgIpc) is 2.82. The van der Waals surface area contributed by atoms with Crippen molar-refractivity contribution in [1.29, 1.82) is 0 Å². The van der Waals surface area contributed by atoms with Crippen LogP contribution in [0.3, 0.4) is 0 Å². The molecule has 0 radical (unpaired) electrons. The van der Waals surface area contributed by atoms with E-state index in [1.54, 1.807) is 47.6 Å². The smallest absolute Gasteiger partial charge is 0.429 e. The maximum atomic E-state index is 12.8. The topological polar surface area (TPSA) is 118 Å². The largest absolute Gasteiger partial charge is 0.442 e. The van der Waals surface area contributed by atoms with Crippen molar-refractivity contribution in [3.8, 4) is 0 Å². The molecule has 0 spiro atoms. The highest BCUT2D eigenvalue weighted by Gasteiger charge is 2.35. The Bertz CT molecular complexity index is 746. The van der Waals surface area contributed by atoms with Gasteiger partial charge in [-0.05, 0) is 47.6 Å². The Labute approximate surface area is 175 Å². The molecule has 0 N–H and O–H groups in total. The van der Waals surface area contributed by atoms with Crippen LogP contribution in [0.25, 0.3) is 0 Å². The van der Waals surface area contributed by atoms with Gasteiger partial charge >= 0.3 is 12.2 Å². The van der Waals surface area contributed by atoms with E-state index in [0.717, 1.165) is 0 Å². The lowest BCUT2D eigenvalue weighted by Crippen LogP contribution is -2.53. The van der Waals surface area contributed by atoms with Crippen LogP contribution in [0.15, 0.2) is 18.3 Å². The second kappa shape index (κ2) is 8.72. The van der Waals surface area contributed by atoms with Crippen LogP contribution < -0.4 is 4.90 Å². The van der Waals surface area contributed by atoms with E-state index in [1.165, 1.54) is 22.3 Å². The number of nitrogens with zero attached hydrogens (tertiary/aromatic N) is 5. The lowest BCUT2D eigenvalue weighted by atomic mass is 10.2. The lowest BCUT2D eigenvalue weighted by Gasteiger charge is -2.35. The van der Waals surface area contributed by atoms with Gasteiger partial charge in [0, 0.05) is 19.2 Å². The van der Waals surface area contributed by atoms with Gasteiger partial charge < -0.3 is 14.4 Å². The SMILES string of the molecule is CC(C)(C)OC(=O)N1CCN(c2ccc([N+](=O)[O-])cn2)CCN1C(=O)OC(C)(C)C. The molecule has 11 nitrogen and oxygen atoms in total.